The molecule has 144 valence electrons. The predicted molar refractivity (Wildman–Crippen MR) is 111 cm³/mol. The van der Waals surface area contributed by atoms with Crippen molar-refractivity contribution in [1.29, 1.82) is 0 Å². The van der Waals surface area contributed by atoms with E-state index in [1.54, 1.807) is 30.3 Å². The van der Waals surface area contributed by atoms with Crippen molar-refractivity contribution in [2.24, 2.45) is 0 Å². The molecule has 3 aromatic rings. The van der Waals surface area contributed by atoms with E-state index in [0.717, 1.165) is 11.1 Å². The third-order valence-electron chi connectivity index (χ3n) is 4.52. The second kappa shape index (κ2) is 9.33. The molecule has 0 heterocycles. The van der Waals surface area contributed by atoms with Crippen molar-refractivity contribution in [3.05, 3.63) is 102 Å². The van der Waals surface area contributed by atoms with Crippen LogP contribution in [0.3, 0.4) is 0 Å². The van der Waals surface area contributed by atoms with Crippen molar-refractivity contribution >= 4 is 15.7 Å². The molecular weight excluding hydrogens is 370 g/mol. The topological polar surface area (TPSA) is 63.2 Å². The summed E-state index contributed by atoms with van der Waals surface area (Å²) in [5.74, 6) is -0.486. The van der Waals surface area contributed by atoms with Crippen LogP contribution < -0.4 is 5.32 Å². The molecule has 3 rings (SSSR count). The summed E-state index contributed by atoms with van der Waals surface area (Å²) >= 11 is 0. The molecule has 0 aliphatic carbocycles. The third-order valence-corrected chi connectivity index (χ3v) is 6.25. The Labute approximate surface area is 166 Å². The van der Waals surface area contributed by atoms with Gasteiger partial charge in [0.05, 0.1) is 16.7 Å². The first-order valence-corrected chi connectivity index (χ1v) is 10.9. The number of carbonyl (C=O) groups is 1. The Morgan fingerprint density at radius 3 is 1.93 bits per heavy atom. The molecule has 0 bridgehead atoms. The van der Waals surface area contributed by atoms with E-state index >= 15 is 0 Å². The van der Waals surface area contributed by atoms with Crippen molar-refractivity contribution in [2.45, 2.75) is 23.8 Å². The van der Waals surface area contributed by atoms with Gasteiger partial charge in [0, 0.05) is 6.42 Å². The maximum absolute atomic E-state index is 12.5. The molecule has 28 heavy (non-hydrogen) atoms. The molecule has 3 aromatic carbocycles. The van der Waals surface area contributed by atoms with E-state index in [9.17, 15) is 13.2 Å². The molecule has 0 aliphatic rings. The Morgan fingerprint density at radius 2 is 1.32 bits per heavy atom. The molecule has 0 saturated heterocycles. The first-order valence-electron chi connectivity index (χ1n) is 9.21. The van der Waals surface area contributed by atoms with E-state index < -0.39 is 9.84 Å². The van der Waals surface area contributed by atoms with Gasteiger partial charge in [-0.05, 0) is 29.7 Å². The predicted octanol–water partition coefficient (Wildman–Crippen LogP) is 3.95. The molecule has 0 aliphatic heterocycles. The molecule has 1 N–H and O–H groups in total. The van der Waals surface area contributed by atoms with Gasteiger partial charge in [0.25, 0.3) is 0 Å². The minimum atomic E-state index is -3.48. The normalized spacial score (nSPS) is 12.3. The summed E-state index contributed by atoms with van der Waals surface area (Å²) in [6.45, 7) is 0. The maximum Gasteiger partial charge on any atom is 0.221 e. The van der Waals surface area contributed by atoms with E-state index in [0.29, 0.717) is 6.42 Å². The fourth-order valence-electron chi connectivity index (χ4n) is 3.03. The largest absolute Gasteiger partial charge is 0.349 e. The Morgan fingerprint density at radius 1 is 0.786 bits per heavy atom. The van der Waals surface area contributed by atoms with Gasteiger partial charge in [0.1, 0.15) is 0 Å². The molecule has 0 saturated carbocycles. The SMILES string of the molecule is O=C(CCS(=O)(=O)c1ccccc1)NC(Cc1ccccc1)c1ccccc1. The molecule has 5 heteroatoms. The van der Waals surface area contributed by atoms with Crippen molar-refractivity contribution < 1.29 is 13.2 Å². The number of hydrogen-bond donors (Lipinski definition) is 1. The zero-order chi connectivity index (χ0) is 19.8. The average Bonchev–Trinajstić information content (AvgIpc) is 2.74. The first kappa shape index (κ1) is 19.8. The van der Waals surface area contributed by atoms with E-state index in [2.05, 4.69) is 5.32 Å². The van der Waals surface area contributed by atoms with Gasteiger partial charge in [-0.1, -0.05) is 78.9 Å². The van der Waals surface area contributed by atoms with Crippen LogP contribution in [-0.2, 0) is 21.1 Å². The van der Waals surface area contributed by atoms with Crippen LogP contribution in [-0.4, -0.2) is 20.1 Å². The van der Waals surface area contributed by atoms with Crippen LogP contribution in [0.1, 0.15) is 23.6 Å². The van der Waals surface area contributed by atoms with Crippen LogP contribution in [0.25, 0.3) is 0 Å². The Balaban J connectivity index is 1.67. The Bertz CT molecular complexity index is 988. The quantitative estimate of drug-likeness (QED) is 0.630. The summed E-state index contributed by atoms with van der Waals surface area (Å²) in [5, 5.41) is 3.00. The number of rotatable bonds is 8. The fourth-order valence-corrected chi connectivity index (χ4v) is 4.29. The van der Waals surface area contributed by atoms with Crippen LogP contribution in [0.2, 0.25) is 0 Å². The molecular formula is C23H23NO3S. The highest BCUT2D eigenvalue weighted by molar-refractivity contribution is 7.91. The molecule has 1 atom stereocenters. The number of nitrogens with one attached hydrogen (secondary N) is 1. The second-order valence-corrected chi connectivity index (χ2v) is 8.71. The van der Waals surface area contributed by atoms with Gasteiger partial charge in [-0.25, -0.2) is 8.42 Å². The zero-order valence-electron chi connectivity index (χ0n) is 15.5. The summed E-state index contributed by atoms with van der Waals surface area (Å²) in [4.78, 5) is 12.8. The summed E-state index contributed by atoms with van der Waals surface area (Å²) in [5.41, 5.74) is 2.10. The van der Waals surface area contributed by atoms with Crippen LogP contribution in [0.4, 0.5) is 0 Å². The minimum Gasteiger partial charge on any atom is -0.349 e. The van der Waals surface area contributed by atoms with Crippen LogP contribution >= 0.6 is 0 Å². The lowest BCUT2D eigenvalue weighted by Gasteiger charge is -2.19. The van der Waals surface area contributed by atoms with Gasteiger partial charge in [-0.15, -0.1) is 0 Å². The highest BCUT2D eigenvalue weighted by Crippen LogP contribution is 2.19. The monoisotopic (exact) mass is 393 g/mol. The van der Waals surface area contributed by atoms with Crippen molar-refractivity contribution in [3.8, 4) is 0 Å². The number of sulfone groups is 1. The highest BCUT2D eigenvalue weighted by Gasteiger charge is 2.19. The number of amides is 1. The van der Waals surface area contributed by atoms with E-state index in [4.69, 9.17) is 0 Å². The maximum atomic E-state index is 12.5. The summed E-state index contributed by atoms with van der Waals surface area (Å²) < 4.78 is 24.8. The summed E-state index contributed by atoms with van der Waals surface area (Å²) in [6, 6.07) is 27.6. The highest BCUT2D eigenvalue weighted by atomic mass is 32.2. The Hall–Kier alpha value is -2.92. The first-order chi connectivity index (χ1) is 13.5. The molecule has 1 unspecified atom stereocenters. The van der Waals surface area contributed by atoms with Gasteiger partial charge in [0.2, 0.25) is 5.91 Å². The molecule has 1 amide bonds. The van der Waals surface area contributed by atoms with Gasteiger partial charge in [0.15, 0.2) is 9.84 Å². The number of hydrogen-bond acceptors (Lipinski definition) is 3. The van der Waals surface area contributed by atoms with Gasteiger partial charge >= 0.3 is 0 Å². The van der Waals surface area contributed by atoms with Gasteiger partial charge < -0.3 is 5.32 Å². The van der Waals surface area contributed by atoms with Crippen molar-refractivity contribution in [2.75, 3.05) is 5.75 Å². The molecule has 0 spiro atoms. The van der Waals surface area contributed by atoms with Crippen LogP contribution in [0.5, 0.6) is 0 Å². The average molecular weight is 394 g/mol. The van der Waals surface area contributed by atoms with E-state index in [-0.39, 0.29) is 29.0 Å². The lowest BCUT2D eigenvalue weighted by Crippen LogP contribution is -2.31. The number of benzene rings is 3. The zero-order valence-corrected chi connectivity index (χ0v) is 16.3. The Kier molecular flexibility index (Phi) is 6.61. The molecule has 0 fully saturated rings. The van der Waals surface area contributed by atoms with Crippen molar-refractivity contribution in [1.82, 2.24) is 5.32 Å². The van der Waals surface area contributed by atoms with Gasteiger partial charge in [-0.3, -0.25) is 4.79 Å². The standard InChI is InChI=1S/C23H23NO3S/c25-23(16-17-28(26,27)21-14-8-3-9-15-21)24-22(20-12-6-2-7-13-20)18-19-10-4-1-5-11-19/h1-15,22H,16-18H2,(H,24,25). The molecule has 0 aromatic heterocycles. The fraction of sp³-hybridized carbons (Fsp3) is 0.174. The number of carbonyl (C=O) groups excluding carboxylic acids is 1. The lowest BCUT2D eigenvalue weighted by molar-refractivity contribution is -0.121. The van der Waals surface area contributed by atoms with Crippen LogP contribution in [0, 0.1) is 0 Å². The third kappa shape index (κ3) is 5.54. The second-order valence-electron chi connectivity index (χ2n) is 6.60. The van der Waals surface area contributed by atoms with Crippen molar-refractivity contribution in [3.63, 3.8) is 0 Å². The minimum absolute atomic E-state index is 0.0741. The van der Waals surface area contributed by atoms with E-state index in [1.165, 1.54) is 0 Å². The summed E-state index contributed by atoms with van der Waals surface area (Å²) in [6.07, 6.45) is 0.567. The van der Waals surface area contributed by atoms with Gasteiger partial charge in [-0.2, -0.15) is 0 Å². The van der Waals surface area contributed by atoms with E-state index in [1.807, 2.05) is 60.7 Å². The lowest BCUT2D eigenvalue weighted by atomic mass is 9.99. The van der Waals surface area contributed by atoms with Crippen LogP contribution in [0.15, 0.2) is 95.9 Å². The smallest absolute Gasteiger partial charge is 0.221 e. The molecule has 4 nitrogen and oxygen atoms in total. The molecule has 0 radical (unpaired) electrons. The summed E-state index contributed by atoms with van der Waals surface area (Å²) in [7, 11) is -3.48.